The van der Waals surface area contributed by atoms with Gasteiger partial charge in [-0.15, -0.1) is 0 Å². The van der Waals surface area contributed by atoms with Crippen molar-refractivity contribution in [1.29, 1.82) is 0 Å². The Balaban J connectivity index is 1.49. The third kappa shape index (κ3) is 1.95. The predicted molar refractivity (Wildman–Crippen MR) is 84.9 cm³/mol. The molecule has 1 amide bonds. The quantitative estimate of drug-likeness (QED) is 0.859. The van der Waals surface area contributed by atoms with E-state index in [2.05, 4.69) is 10.00 Å². The van der Waals surface area contributed by atoms with Crippen LogP contribution in [0.5, 0.6) is 0 Å². The second-order valence-electron chi connectivity index (χ2n) is 8.42. The molecule has 4 saturated carbocycles. The monoisotopic (exact) mass is 315 g/mol. The molecule has 0 saturated heterocycles. The molecule has 3 unspecified atom stereocenters. The lowest BCUT2D eigenvalue weighted by Crippen LogP contribution is -2.62. The van der Waals surface area contributed by atoms with Crippen LogP contribution in [-0.2, 0) is 13.5 Å². The van der Waals surface area contributed by atoms with Gasteiger partial charge in [0.15, 0.2) is 0 Å². The molecule has 2 heterocycles. The number of aromatic nitrogens is 2. The summed E-state index contributed by atoms with van der Waals surface area (Å²) in [5, 5.41) is 15.1. The number of fused-ring (bicyclic) bond motifs is 1. The van der Waals surface area contributed by atoms with Crippen molar-refractivity contribution in [3.05, 3.63) is 17.5 Å². The number of carbonyl (C=O) groups is 1. The largest absolute Gasteiger partial charge is 0.390 e. The third-order valence-corrected chi connectivity index (χ3v) is 6.92. The number of carbonyl (C=O) groups excluding carboxylic acids is 1. The van der Waals surface area contributed by atoms with Crippen LogP contribution in [0.15, 0.2) is 6.20 Å². The highest BCUT2D eigenvalue weighted by Crippen LogP contribution is 2.57. The number of rotatable bonds is 1. The van der Waals surface area contributed by atoms with Crippen LogP contribution >= 0.6 is 0 Å². The van der Waals surface area contributed by atoms with Gasteiger partial charge in [-0.3, -0.25) is 9.48 Å². The van der Waals surface area contributed by atoms with Crippen LogP contribution in [0.25, 0.3) is 0 Å². The van der Waals surface area contributed by atoms with Gasteiger partial charge in [0.2, 0.25) is 0 Å². The smallest absolute Gasteiger partial charge is 0.257 e. The Hall–Kier alpha value is -1.36. The van der Waals surface area contributed by atoms with Gasteiger partial charge in [-0.05, 0) is 62.7 Å². The molecule has 23 heavy (non-hydrogen) atoms. The molecule has 1 N–H and O–H groups in total. The van der Waals surface area contributed by atoms with Crippen LogP contribution < -0.4 is 0 Å². The molecule has 124 valence electrons. The highest BCUT2D eigenvalue weighted by atomic mass is 16.3. The van der Waals surface area contributed by atoms with Gasteiger partial charge in [0.25, 0.3) is 5.91 Å². The summed E-state index contributed by atoms with van der Waals surface area (Å²) in [5.41, 5.74) is 1.46. The van der Waals surface area contributed by atoms with E-state index in [1.54, 1.807) is 6.20 Å². The fraction of sp³-hybridized carbons (Fsp3) is 0.778. The molecule has 1 aromatic heterocycles. The molecule has 4 fully saturated rings. The summed E-state index contributed by atoms with van der Waals surface area (Å²) in [4.78, 5) is 15.3. The second-order valence-corrected chi connectivity index (χ2v) is 8.42. The van der Waals surface area contributed by atoms with Crippen LogP contribution in [-0.4, -0.2) is 43.9 Å². The van der Waals surface area contributed by atoms with E-state index in [1.807, 2.05) is 11.7 Å². The van der Waals surface area contributed by atoms with Gasteiger partial charge in [0.05, 0.1) is 23.1 Å². The topological polar surface area (TPSA) is 58.4 Å². The summed E-state index contributed by atoms with van der Waals surface area (Å²) >= 11 is 0. The maximum Gasteiger partial charge on any atom is 0.257 e. The van der Waals surface area contributed by atoms with Crippen LogP contribution in [0.2, 0.25) is 0 Å². The standard InChI is InChI=1S/C18H25N3O2/c1-20-15-3-2-4-21(17(22)14(15)10-19-20)16-12-5-11-6-13(16)9-18(23,7-11)8-12/h10-13,16,23H,2-9H2,1H3/t11?,12-,13+,16?,18?. The zero-order chi connectivity index (χ0) is 15.8. The van der Waals surface area contributed by atoms with E-state index >= 15 is 0 Å². The number of aryl methyl sites for hydroxylation is 1. The first-order chi connectivity index (χ1) is 11.0. The fourth-order valence-electron chi connectivity index (χ4n) is 6.36. The van der Waals surface area contributed by atoms with E-state index < -0.39 is 5.60 Å². The van der Waals surface area contributed by atoms with Crippen LogP contribution in [0.1, 0.15) is 54.6 Å². The van der Waals surface area contributed by atoms with Gasteiger partial charge in [-0.25, -0.2) is 0 Å². The molecule has 1 aromatic rings. The number of amides is 1. The first-order valence-corrected chi connectivity index (χ1v) is 9.08. The van der Waals surface area contributed by atoms with Gasteiger partial charge < -0.3 is 10.0 Å². The van der Waals surface area contributed by atoms with Crippen molar-refractivity contribution in [1.82, 2.24) is 14.7 Å². The molecule has 0 spiro atoms. The van der Waals surface area contributed by atoms with Gasteiger partial charge in [0, 0.05) is 19.6 Å². The Bertz CT molecular complexity index is 651. The lowest BCUT2D eigenvalue weighted by molar-refractivity contribution is -0.154. The Labute approximate surface area is 136 Å². The molecular formula is C18H25N3O2. The summed E-state index contributed by atoms with van der Waals surface area (Å²) in [5.74, 6) is 1.85. The Morgan fingerprint density at radius 3 is 2.70 bits per heavy atom. The van der Waals surface area contributed by atoms with Crippen molar-refractivity contribution in [3.63, 3.8) is 0 Å². The Morgan fingerprint density at radius 1 is 1.26 bits per heavy atom. The summed E-state index contributed by atoms with van der Waals surface area (Å²) in [6, 6.07) is 0.338. The summed E-state index contributed by atoms with van der Waals surface area (Å²) in [6.45, 7) is 0.855. The number of hydrogen-bond acceptors (Lipinski definition) is 3. The number of hydrogen-bond donors (Lipinski definition) is 1. The maximum atomic E-state index is 13.2. The van der Waals surface area contributed by atoms with Crippen molar-refractivity contribution < 1.29 is 9.90 Å². The van der Waals surface area contributed by atoms with E-state index in [4.69, 9.17) is 0 Å². The van der Waals surface area contributed by atoms with Crippen molar-refractivity contribution in [2.24, 2.45) is 24.8 Å². The first kappa shape index (κ1) is 14.0. The SMILES string of the molecule is Cn1ncc2c1CCCN(C1[C@@H]3CC4C[C@H]1CC(O)(C4)C3)C2=O. The lowest BCUT2D eigenvalue weighted by Gasteiger charge is -2.60. The van der Waals surface area contributed by atoms with Crippen LogP contribution in [0.4, 0.5) is 0 Å². The first-order valence-electron chi connectivity index (χ1n) is 9.08. The Kier molecular flexibility index (Phi) is 2.80. The normalized spacial score (nSPS) is 42.0. The predicted octanol–water partition coefficient (Wildman–Crippen LogP) is 1.75. The third-order valence-electron chi connectivity index (χ3n) is 6.92. The molecular weight excluding hydrogens is 290 g/mol. The highest BCUT2D eigenvalue weighted by Gasteiger charge is 2.56. The highest BCUT2D eigenvalue weighted by molar-refractivity contribution is 5.95. The molecule has 5 aliphatic rings. The van der Waals surface area contributed by atoms with Crippen molar-refractivity contribution in [2.45, 2.75) is 56.6 Å². The van der Waals surface area contributed by atoms with E-state index in [0.717, 1.165) is 49.9 Å². The van der Waals surface area contributed by atoms with E-state index in [9.17, 15) is 9.90 Å². The molecule has 1 aliphatic heterocycles. The van der Waals surface area contributed by atoms with Gasteiger partial charge in [0.1, 0.15) is 0 Å². The molecule has 0 radical (unpaired) electrons. The van der Waals surface area contributed by atoms with Crippen molar-refractivity contribution >= 4 is 5.91 Å². The second kappa shape index (κ2) is 4.59. The van der Waals surface area contributed by atoms with Crippen LogP contribution in [0.3, 0.4) is 0 Å². The molecule has 6 rings (SSSR count). The summed E-state index contributed by atoms with van der Waals surface area (Å²) < 4.78 is 1.86. The average Bonchev–Trinajstić information content (AvgIpc) is 2.75. The van der Waals surface area contributed by atoms with Crippen molar-refractivity contribution in [2.75, 3.05) is 6.54 Å². The molecule has 5 atom stereocenters. The maximum absolute atomic E-state index is 13.2. The molecule has 4 bridgehead atoms. The minimum absolute atomic E-state index is 0.176. The zero-order valence-corrected chi connectivity index (χ0v) is 13.7. The van der Waals surface area contributed by atoms with E-state index in [1.165, 1.54) is 12.8 Å². The molecule has 5 nitrogen and oxygen atoms in total. The fourth-order valence-corrected chi connectivity index (χ4v) is 6.36. The van der Waals surface area contributed by atoms with Crippen LogP contribution in [0, 0.1) is 17.8 Å². The minimum atomic E-state index is -0.429. The van der Waals surface area contributed by atoms with Crippen molar-refractivity contribution in [3.8, 4) is 0 Å². The van der Waals surface area contributed by atoms with Gasteiger partial charge >= 0.3 is 0 Å². The lowest BCUT2D eigenvalue weighted by atomic mass is 9.52. The van der Waals surface area contributed by atoms with Gasteiger partial charge in [-0.2, -0.15) is 5.10 Å². The molecule has 4 aliphatic carbocycles. The summed E-state index contributed by atoms with van der Waals surface area (Å²) in [6.07, 6.45) is 8.89. The minimum Gasteiger partial charge on any atom is -0.390 e. The molecule has 0 aromatic carbocycles. The number of nitrogens with zero attached hydrogens (tertiary/aromatic N) is 3. The zero-order valence-electron chi connectivity index (χ0n) is 13.7. The van der Waals surface area contributed by atoms with Gasteiger partial charge in [-0.1, -0.05) is 0 Å². The van der Waals surface area contributed by atoms with E-state index in [0.29, 0.717) is 23.8 Å². The molecule has 5 heteroatoms. The number of aliphatic hydroxyl groups is 1. The summed E-state index contributed by atoms with van der Waals surface area (Å²) in [7, 11) is 1.93. The Morgan fingerprint density at radius 2 is 2.00 bits per heavy atom. The average molecular weight is 315 g/mol. The van der Waals surface area contributed by atoms with E-state index in [-0.39, 0.29) is 5.91 Å².